The monoisotopic (exact) mass is 537 g/mol. The van der Waals surface area contributed by atoms with Crippen molar-refractivity contribution in [1.82, 2.24) is 14.3 Å². The first-order valence-electron chi connectivity index (χ1n) is 11.0. The summed E-state index contributed by atoms with van der Waals surface area (Å²) in [4.78, 5) is 44.1. The largest absolute Gasteiger partial charge is 0.519 e. The molecule has 2 aliphatic rings. The number of aliphatic hydroxyl groups is 1. The fraction of sp³-hybridized carbons (Fsp3) is 0.455. The van der Waals surface area contributed by atoms with Gasteiger partial charge in [-0.25, -0.2) is 23.0 Å². The Bertz CT molecular complexity index is 1620. The second-order valence-electron chi connectivity index (χ2n) is 9.03. The van der Waals surface area contributed by atoms with Crippen LogP contribution in [0.1, 0.15) is 36.1 Å². The molecule has 12 nitrogen and oxygen atoms in total. The van der Waals surface area contributed by atoms with E-state index in [0.29, 0.717) is 21.1 Å². The van der Waals surface area contributed by atoms with Gasteiger partial charge in [-0.05, 0) is 20.8 Å². The van der Waals surface area contributed by atoms with Crippen LogP contribution in [0, 0.1) is 25.7 Å². The number of thiazole rings is 1. The van der Waals surface area contributed by atoms with Gasteiger partial charge >= 0.3 is 11.8 Å². The number of carbonyl (C=O) groups excluding carboxylic acids is 2. The lowest BCUT2D eigenvalue weighted by molar-refractivity contribution is -0.164. The number of aryl methyl sites for hydroxylation is 2. The summed E-state index contributed by atoms with van der Waals surface area (Å²) in [5, 5.41) is 10.1. The number of hydrogen-bond acceptors (Lipinski definition) is 11. The molecule has 0 bridgehead atoms. The van der Waals surface area contributed by atoms with Gasteiger partial charge in [-0.1, -0.05) is 6.92 Å². The van der Waals surface area contributed by atoms with Crippen LogP contribution in [-0.4, -0.2) is 58.1 Å². The molecule has 3 aromatic heterocycles. The summed E-state index contributed by atoms with van der Waals surface area (Å²) in [7, 11) is -3.61. The van der Waals surface area contributed by atoms with E-state index < -0.39 is 45.6 Å². The molecule has 4 atom stereocenters. The second-order valence-corrected chi connectivity index (χ2v) is 12.0. The van der Waals surface area contributed by atoms with Crippen LogP contribution in [0.5, 0.6) is 0 Å². The number of β-lactam (4-membered cyclic amide) rings is 1. The minimum absolute atomic E-state index is 0.00826. The Kier molecular flexibility index (Phi) is 5.53. The average Bonchev–Trinajstić information content (AvgIpc) is 3.47. The van der Waals surface area contributed by atoms with Gasteiger partial charge in [-0.2, -0.15) is 0 Å². The highest BCUT2D eigenvalue weighted by atomic mass is 32.2. The number of nitrogens with zero attached hydrogens (tertiary/aromatic N) is 3. The van der Waals surface area contributed by atoms with Crippen LogP contribution < -0.4 is 5.82 Å². The molecule has 1 amide bonds. The molecule has 0 aliphatic carbocycles. The minimum atomic E-state index is -3.61. The smallest absolute Gasteiger partial charge is 0.453 e. The number of fused-ring (bicyclic) bond motifs is 2. The lowest BCUT2D eigenvalue weighted by atomic mass is 9.77. The number of aromatic nitrogens is 2. The molecule has 3 aromatic rings. The fourth-order valence-corrected chi connectivity index (χ4v) is 7.41. The van der Waals surface area contributed by atoms with Crippen LogP contribution in [0.15, 0.2) is 30.5 Å². The molecule has 0 unspecified atom stereocenters. The van der Waals surface area contributed by atoms with Crippen molar-refractivity contribution in [3.63, 3.8) is 0 Å². The Morgan fingerprint density at radius 2 is 2.00 bits per heavy atom. The first-order valence-corrected chi connectivity index (χ1v) is 13.7. The number of amides is 1. The molecule has 192 valence electrons. The Morgan fingerprint density at radius 3 is 2.58 bits per heavy atom. The van der Waals surface area contributed by atoms with E-state index >= 15 is 0 Å². The maximum atomic E-state index is 13.3. The number of rotatable bonds is 6. The number of imidazole rings is 1. The van der Waals surface area contributed by atoms with E-state index in [-0.39, 0.29) is 34.8 Å². The van der Waals surface area contributed by atoms with E-state index in [0.717, 1.165) is 17.6 Å². The zero-order valence-corrected chi connectivity index (χ0v) is 21.6. The van der Waals surface area contributed by atoms with E-state index in [2.05, 4.69) is 4.98 Å². The van der Waals surface area contributed by atoms with E-state index in [4.69, 9.17) is 13.6 Å². The summed E-state index contributed by atoms with van der Waals surface area (Å²) in [6, 6.07) is -0.473. The van der Waals surface area contributed by atoms with E-state index in [1.807, 2.05) is 6.92 Å². The molecule has 1 fully saturated rings. The Hall–Kier alpha value is -3.23. The van der Waals surface area contributed by atoms with Gasteiger partial charge in [0.25, 0.3) is 0 Å². The molecule has 0 spiro atoms. The van der Waals surface area contributed by atoms with Crippen molar-refractivity contribution >= 4 is 43.5 Å². The molecule has 0 aromatic carbocycles. The number of aliphatic hydroxyl groups excluding tert-OH is 1. The molecular formula is C22H23N3O9S2. The Balaban J connectivity index is 1.61. The van der Waals surface area contributed by atoms with Crippen molar-refractivity contribution < 1.29 is 36.7 Å². The molecule has 1 N–H and O–H groups in total. The second kappa shape index (κ2) is 8.15. The lowest BCUT2D eigenvalue weighted by Crippen LogP contribution is -2.63. The van der Waals surface area contributed by atoms with Gasteiger partial charge in [0.05, 0.1) is 22.9 Å². The predicted molar refractivity (Wildman–Crippen MR) is 125 cm³/mol. The van der Waals surface area contributed by atoms with Gasteiger partial charge in [0.1, 0.15) is 16.4 Å². The third kappa shape index (κ3) is 3.54. The zero-order valence-electron chi connectivity index (χ0n) is 20.0. The molecular weight excluding hydrogens is 514 g/mol. The van der Waals surface area contributed by atoms with Crippen LogP contribution in [0.2, 0.25) is 0 Å². The summed E-state index contributed by atoms with van der Waals surface area (Å²) >= 11 is 1.14. The third-order valence-corrected chi connectivity index (χ3v) is 8.86. The van der Waals surface area contributed by atoms with Gasteiger partial charge in [0.15, 0.2) is 33.0 Å². The number of carbonyl (C=O) groups is 2. The van der Waals surface area contributed by atoms with Crippen LogP contribution >= 0.6 is 11.3 Å². The highest BCUT2D eigenvalue weighted by Crippen LogP contribution is 2.52. The fourth-order valence-electron chi connectivity index (χ4n) is 4.95. The summed E-state index contributed by atoms with van der Waals surface area (Å²) < 4.78 is 41.3. The van der Waals surface area contributed by atoms with Crippen molar-refractivity contribution in [3.8, 4) is 0 Å². The average molecular weight is 538 g/mol. The van der Waals surface area contributed by atoms with Crippen molar-refractivity contribution in [2.45, 2.75) is 51.5 Å². The minimum Gasteiger partial charge on any atom is -0.453 e. The molecule has 5 heterocycles. The standard InChI is InChI=1S/C22H23N3O9S2/c1-8-14(13-6-24-11(4)23-18(20(24)35-13)36(5,30)31)17(25-16(8)15(9(2)26)19(25)27)21(28)32-7-12-10(3)33-22(29)34-12/h6,8-9,15-16,26H,7H2,1-5H3/t8-,9+,15+,16+/m0/s1. The van der Waals surface area contributed by atoms with Crippen molar-refractivity contribution in [2.75, 3.05) is 6.26 Å². The number of hydrogen-bond donors (Lipinski definition) is 1. The van der Waals surface area contributed by atoms with Gasteiger partial charge in [0.2, 0.25) is 5.91 Å². The number of esters is 1. The molecule has 2 aliphatic heterocycles. The van der Waals surface area contributed by atoms with E-state index in [1.54, 1.807) is 17.5 Å². The predicted octanol–water partition coefficient (Wildman–Crippen LogP) is 1.27. The van der Waals surface area contributed by atoms with Crippen LogP contribution in [-0.2, 0) is 30.8 Å². The first kappa shape index (κ1) is 24.5. The van der Waals surface area contributed by atoms with Crippen molar-refractivity contribution in [2.24, 2.45) is 11.8 Å². The van der Waals surface area contributed by atoms with E-state index in [9.17, 15) is 27.9 Å². The Morgan fingerprint density at radius 1 is 1.31 bits per heavy atom. The third-order valence-electron chi connectivity index (χ3n) is 6.62. The molecule has 0 radical (unpaired) electrons. The van der Waals surface area contributed by atoms with Gasteiger partial charge < -0.3 is 23.6 Å². The maximum Gasteiger partial charge on any atom is 0.519 e. The zero-order chi connectivity index (χ0) is 26.3. The van der Waals surface area contributed by atoms with Gasteiger partial charge in [0, 0.05) is 23.9 Å². The van der Waals surface area contributed by atoms with Crippen LogP contribution in [0.3, 0.4) is 0 Å². The molecule has 1 saturated heterocycles. The molecule has 14 heteroatoms. The topological polar surface area (TPSA) is 162 Å². The highest BCUT2D eigenvalue weighted by Gasteiger charge is 2.60. The summed E-state index contributed by atoms with van der Waals surface area (Å²) in [6.45, 7) is 6.13. The van der Waals surface area contributed by atoms with Crippen LogP contribution in [0.25, 0.3) is 10.4 Å². The maximum absolute atomic E-state index is 13.3. The van der Waals surface area contributed by atoms with Crippen LogP contribution in [0.4, 0.5) is 0 Å². The highest BCUT2D eigenvalue weighted by molar-refractivity contribution is 7.91. The molecule has 5 rings (SSSR count). The van der Waals surface area contributed by atoms with Crippen molar-refractivity contribution in [3.05, 3.63) is 44.7 Å². The van der Waals surface area contributed by atoms with Gasteiger partial charge in [-0.3, -0.25) is 9.20 Å². The summed E-state index contributed by atoms with van der Waals surface area (Å²) in [5.74, 6) is -2.56. The Labute approximate surface area is 208 Å². The quantitative estimate of drug-likeness (QED) is 0.358. The number of ether oxygens (including phenoxy) is 1. The SMILES string of the molecule is Cc1oc(=O)oc1COC(=O)C1=C(c2cn3c(C)nc(S(C)(=O)=O)c3s2)[C@H](C)[C@@H]2[C@@H]([C@@H](C)O)C(=O)N12. The van der Waals surface area contributed by atoms with Gasteiger partial charge in [-0.15, -0.1) is 11.3 Å². The summed E-state index contributed by atoms with van der Waals surface area (Å²) in [5.41, 5.74) is 0.508. The number of sulfone groups is 1. The summed E-state index contributed by atoms with van der Waals surface area (Å²) in [6.07, 6.45) is 1.83. The van der Waals surface area contributed by atoms with Crippen molar-refractivity contribution in [1.29, 1.82) is 0 Å². The first-order chi connectivity index (χ1) is 16.8. The normalized spacial score (nSPS) is 22.8. The molecule has 36 heavy (non-hydrogen) atoms. The molecule has 0 saturated carbocycles. The lowest BCUT2D eigenvalue weighted by Gasteiger charge is -2.46. The van der Waals surface area contributed by atoms with E-state index in [1.165, 1.54) is 18.7 Å².